The lowest BCUT2D eigenvalue weighted by Crippen LogP contribution is -2.54. The maximum Gasteiger partial charge on any atom is 0.437 e. The summed E-state index contributed by atoms with van der Waals surface area (Å²) in [5.74, 6) is 0.913. The van der Waals surface area contributed by atoms with Gasteiger partial charge in [-0.25, -0.2) is 9.78 Å². The van der Waals surface area contributed by atoms with Crippen molar-refractivity contribution in [3.8, 4) is 11.4 Å². The number of aryl methyl sites for hydroxylation is 3. The smallest absolute Gasteiger partial charge is 0.389 e. The van der Waals surface area contributed by atoms with E-state index in [2.05, 4.69) is 41.9 Å². The quantitative estimate of drug-likeness (QED) is 0.303. The minimum absolute atomic E-state index is 0.121. The molecule has 0 saturated heterocycles. The van der Waals surface area contributed by atoms with E-state index in [0.717, 1.165) is 39.5 Å². The second-order valence-electron chi connectivity index (χ2n) is 10.1. The van der Waals surface area contributed by atoms with Crippen molar-refractivity contribution in [3.05, 3.63) is 105 Å². The van der Waals surface area contributed by atoms with Crippen LogP contribution < -0.4 is 16.4 Å². The van der Waals surface area contributed by atoms with Gasteiger partial charge in [-0.2, -0.15) is 9.67 Å². The molecule has 0 bridgehead atoms. The van der Waals surface area contributed by atoms with Gasteiger partial charge in [-0.15, -0.1) is 5.10 Å². The predicted octanol–water partition coefficient (Wildman–Crippen LogP) is 3.54. The van der Waals surface area contributed by atoms with Crippen LogP contribution in [0.15, 0.2) is 73.8 Å². The lowest BCUT2D eigenvalue weighted by molar-refractivity contribution is 0.262. The maximum atomic E-state index is 12.8. The molecule has 1 aromatic carbocycles. The van der Waals surface area contributed by atoms with Gasteiger partial charge in [0.1, 0.15) is 5.82 Å². The second-order valence-corrected chi connectivity index (χ2v) is 10.1. The molecule has 0 spiro atoms. The fourth-order valence-electron chi connectivity index (χ4n) is 5.49. The Morgan fingerprint density at radius 2 is 2.00 bits per heavy atom. The highest BCUT2D eigenvalue weighted by Gasteiger charge is 2.54. The minimum Gasteiger partial charge on any atom is -0.389 e. The first kappa shape index (κ1) is 24.2. The monoisotopic (exact) mass is 537 g/mol. The van der Waals surface area contributed by atoms with Gasteiger partial charge in [-0.3, -0.25) is 10.3 Å². The molecular weight excluding hydrogens is 510 g/mol. The van der Waals surface area contributed by atoms with E-state index in [-0.39, 0.29) is 17.8 Å². The van der Waals surface area contributed by atoms with Crippen molar-refractivity contribution in [1.29, 1.82) is 0 Å². The number of rotatable bonds is 5. The van der Waals surface area contributed by atoms with Crippen LogP contribution in [0.2, 0.25) is 0 Å². The van der Waals surface area contributed by atoms with Gasteiger partial charge in [0.15, 0.2) is 0 Å². The molecule has 5 aromatic rings. The van der Waals surface area contributed by atoms with E-state index < -0.39 is 11.3 Å². The van der Waals surface area contributed by atoms with E-state index in [9.17, 15) is 4.79 Å². The molecule has 12 heteroatoms. The standard InChI is InChI=1S/C28H27N9O3/c1-4-37-27(38)39-26(35-37)28(25-31-16(3)40-36-25)23-18(11-17-7-5-6-8-19(17)32-23)12-21(34-28)24-30-14-22(33-24)20-10-9-15(2)13-29-20/h5-10,13-14,21,32,34H,4,11-12H2,1-3H3,(H,30,33)/t21-,28?/m1/s1. The number of aromatic amines is 1. The first-order valence-electron chi connectivity index (χ1n) is 13.2. The van der Waals surface area contributed by atoms with Crippen LogP contribution in [0.1, 0.15) is 53.9 Å². The molecule has 7 rings (SSSR count). The van der Waals surface area contributed by atoms with E-state index in [1.54, 1.807) is 13.1 Å². The van der Waals surface area contributed by atoms with E-state index in [1.165, 1.54) is 4.68 Å². The molecule has 2 atom stereocenters. The highest BCUT2D eigenvalue weighted by molar-refractivity contribution is 5.64. The molecule has 2 aliphatic heterocycles. The Morgan fingerprint density at radius 3 is 2.75 bits per heavy atom. The molecular formula is C28H27N9O3. The largest absolute Gasteiger partial charge is 0.437 e. The number of benzene rings is 1. The Morgan fingerprint density at radius 1 is 1.12 bits per heavy atom. The molecule has 1 unspecified atom stereocenters. The molecule has 2 aliphatic rings. The van der Waals surface area contributed by atoms with Gasteiger partial charge in [0.2, 0.25) is 17.3 Å². The number of imidazole rings is 1. The Kier molecular flexibility index (Phi) is 5.52. The zero-order valence-corrected chi connectivity index (χ0v) is 22.2. The first-order chi connectivity index (χ1) is 19.4. The van der Waals surface area contributed by atoms with Crippen molar-refractivity contribution in [3.63, 3.8) is 0 Å². The minimum atomic E-state index is -1.35. The van der Waals surface area contributed by atoms with Crippen LogP contribution in [0.4, 0.5) is 5.69 Å². The van der Waals surface area contributed by atoms with E-state index in [0.29, 0.717) is 31.1 Å². The van der Waals surface area contributed by atoms with E-state index >= 15 is 0 Å². The third-order valence-electron chi connectivity index (χ3n) is 7.45. The van der Waals surface area contributed by atoms with Crippen molar-refractivity contribution in [2.24, 2.45) is 0 Å². The number of nitrogens with zero attached hydrogens (tertiary/aromatic N) is 6. The molecule has 3 N–H and O–H groups in total. The van der Waals surface area contributed by atoms with Gasteiger partial charge < -0.3 is 19.2 Å². The lowest BCUT2D eigenvalue weighted by atomic mass is 9.78. The number of fused-ring (bicyclic) bond motifs is 1. The van der Waals surface area contributed by atoms with Crippen molar-refractivity contribution < 1.29 is 8.94 Å². The van der Waals surface area contributed by atoms with Gasteiger partial charge in [0.05, 0.1) is 29.3 Å². The zero-order valence-electron chi connectivity index (χ0n) is 22.2. The molecule has 0 aliphatic carbocycles. The third kappa shape index (κ3) is 3.79. The van der Waals surface area contributed by atoms with Gasteiger partial charge in [0, 0.05) is 25.4 Å². The van der Waals surface area contributed by atoms with Crippen LogP contribution in [0.3, 0.4) is 0 Å². The summed E-state index contributed by atoms with van der Waals surface area (Å²) in [6.45, 7) is 5.90. The van der Waals surface area contributed by atoms with Crippen molar-refractivity contribution in [1.82, 2.24) is 40.2 Å². The van der Waals surface area contributed by atoms with Gasteiger partial charge >= 0.3 is 5.76 Å². The van der Waals surface area contributed by atoms with E-state index in [4.69, 9.17) is 13.9 Å². The number of H-pyrrole nitrogens is 1. The number of para-hydroxylation sites is 1. The van der Waals surface area contributed by atoms with Crippen molar-refractivity contribution in [2.45, 2.75) is 51.7 Å². The lowest BCUT2D eigenvalue weighted by Gasteiger charge is -2.43. The SMILES string of the molecule is CCn1nc(C2(c3noc(C)n3)N[C@@H](c3ncc(-c4ccc(C)cn4)[nH]3)CC3=C2Nc2ccccc2C3)oc1=O. The summed E-state index contributed by atoms with van der Waals surface area (Å²) < 4.78 is 12.5. The average Bonchev–Trinajstić information content (AvgIpc) is 3.72. The fraction of sp³-hybridized carbons (Fsp3) is 0.286. The first-order valence-corrected chi connectivity index (χ1v) is 13.2. The molecule has 4 aromatic heterocycles. The van der Waals surface area contributed by atoms with Gasteiger partial charge in [0.25, 0.3) is 5.89 Å². The number of hydrogen-bond donors (Lipinski definition) is 3. The Balaban J connectivity index is 1.41. The zero-order chi connectivity index (χ0) is 27.4. The maximum absolute atomic E-state index is 12.8. The average molecular weight is 538 g/mol. The van der Waals surface area contributed by atoms with Crippen LogP contribution in [0, 0.1) is 13.8 Å². The van der Waals surface area contributed by atoms with Crippen LogP contribution in [0.25, 0.3) is 11.4 Å². The third-order valence-corrected chi connectivity index (χ3v) is 7.45. The summed E-state index contributed by atoms with van der Waals surface area (Å²) in [5.41, 5.74) is 5.28. The van der Waals surface area contributed by atoms with E-state index in [1.807, 2.05) is 50.4 Å². The summed E-state index contributed by atoms with van der Waals surface area (Å²) in [5, 5.41) is 16.2. The molecule has 0 radical (unpaired) electrons. The van der Waals surface area contributed by atoms with Gasteiger partial charge in [-0.1, -0.05) is 29.4 Å². The summed E-state index contributed by atoms with van der Waals surface area (Å²) >= 11 is 0. The van der Waals surface area contributed by atoms with Crippen LogP contribution in [0.5, 0.6) is 0 Å². The summed E-state index contributed by atoms with van der Waals surface area (Å²) in [4.78, 5) is 30.1. The number of aromatic nitrogens is 7. The predicted molar refractivity (Wildman–Crippen MR) is 144 cm³/mol. The molecule has 40 heavy (non-hydrogen) atoms. The van der Waals surface area contributed by atoms with Crippen LogP contribution >= 0.6 is 0 Å². The molecule has 202 valence electrons. The number of pyridine rings is 1. The Bertz CT molecular complexity index is 1810. The van der Waals surface area contributed by atoms with Crippen LogP contribution in [-0.4, -0.2) is 34.9 Å². The molecule has 0 amide bonds. The second kappa shape index (κ2) is 9.12. The topological polar surface area (TPSA) is 153 Å². The number of anilines is 1. The molecule has 12 nitrogen and oxygen atoms in total. The highest BCUT2D eigenvalue weighted by atomic mass is 16.5. The van der Waals surface area contributed by atoms with Crippen LogP contribution in [-0.2, 0) is 18.5 Å². The molecule has 0 fully saturated rings. The van der Waals surface area contributed by atoms with Crippen molar-refractivity contribution >= 4 is 5.69 Å². The summed E-state index contributed by atoms with van der Waals surface area (Å²) in [6.07, 6.45) is 4.91. The number of nitrogens with one attached hydrogen (secondary N) is 3. The van der Waals surface area contributed by atoms with Crippen molar-refractivity contribution in [2.75, 3.05) is 5.32 Å². The Hall–Kier alpha value is -4.84. The molecule has 0 saturated carbocycles. The molecule has 6 heterocycles. The number of hydrogen-bond acceptors (Lipinski definition) is 10. The Labute approximate surface area is 228 Å². The highest BCUT2D eigenvalue weighted by Crippen LogP contribution is 2.47. The summed E-state index contributed by atoms with van der Waals surface area (Å²) in [6, 6.07) is 11.8. The van der Waals surface area contributed by atoms with Gasteiger partial charge in [-0.05, 0) is 55.5 Å². The fourth-order valence-corrected chi connectivity index (χ4v) is 5.49. The summed E-state index contributed by atoms with van der Waals surface area (Å²) in [7, 11) is 0. The normalized spacial score (nSPS) is 20.2.